The van der Waals surface area contributed by atoms with Crippen LogP contribution < -0.4 is 31.1 Å². The number of carbonyl (C=O) groups is 3. The number of ether oxygens (including phenoxy) is 6. The summed E-state index contributed by atoms with van der Waals surface area (Å²) in [5.41, 5.74) is -3.47. The molecule has 0 radical (unpaired) electrons. The first-order valence-corrected chi connectivity index (χ1v) is 35.9. The summed E-state index contributed by atoms with van der Waals surface area (Å²) in [5.74, 6) is -1.37. The summed E-state index contributed by atoms with van der Waals surface area (Å²) >= 11 is 0. The second-order valence-corrected chi connectivity index (χ2v) is 31.7. The fourth-order valence-electron chi connectivity index (χ4n) is 11.6. The first-order chi connectivity index (χ1) is 42.3. The molecule has 2 aliphatic heterocycles. The highest BCUT2D eigenvalue weighted by Crippen LogP contribution is 2.42. The summed E-state index contributed by atoms with van der Waals surface area (Å²) in [7, 11) is -10.3. The molecule has 18 heteroatoms. The Labute approximate surface area is 517 Å². The normalized spacial score (nSPS) is 22.5. The van der Waals surface area contributed by atoms with Crippen LogP contribution in [0.3, 0.4) is 0 Å². The van der Waals surface area contributed by atoms with Gasteiger partial charge in [-0.1, -0.05) is 202 Å². The molecule has 6 aromatic carbocycles. The maximum atomic E-state index is 15.3. The number of carbonyl (C=O) groups excluding carboxylic acids is 3. The van der Waals surface area contributed by atoms with Crippen molar-refractivity contribution < 1.29 is 69.4 Å². The molecule has 2 aliphatic rings. The number of hydrogen-bond acceptors (Lipinski definition) is 15. The van der Waals surface area contributed by atoms with E-state index in [4.69, 9.17) is 55.0 Å². The van der Waals surface area contributed by atoms with Crippen LogP contribution in [0.2, 0.25) is 0 Å². The van der Waals surface area contributed by atoms with Crippen LogP contribution in [-0.4, -0.2) is 135 Å². The van der Waals surface area contributed by atoms with E-state index in [9.17, 15) is 9.59 Å². The van der Waals surface area contributed by atoms with Crippen LogP contribution in [0, 0.1) is 16.2 Å². The Hall–Kier alpha value is -6.40. The molecule has 6 aromatic rings. The molecular weight excluding hydrogens is 1150 g/mol. The third-order valence-corrected chi connectivity index (χ3v) is 26.9. The van der Waals surface area contributed by atoms with Crippen molar-refractivity contribution >= 4 is 74.7 Å². The van der Waals surface area contributed by atoms with Crippen LogP contribution in [-0.2, 0) is 69.4 Å². The van der Waals surface area contributed by atoms with E-state index < -0.39 is 72.0 Å². The van der Waals surface area contributed by atoms with E-state index in [0.717, 1.165) is 31.1 Å². The van der Waals surface area contributed by atoms with Gasteiger partial charge in [-0.25, -0.2) is 0 Å². The minimum atomic E-state index is -3.47. The van der Waals surface area contributed by atoms with Gasteiger partial charge in [-0.05, 0) is 90.4 Å². The van der Waals surface area contributed by atoms with Crippen LogP contribution in [0.25, 0.3) is 0 Å². The van der Waals surface area contributed by atoms with Gasteiger partial charge in [-0.3, -0.25) is 14.4 Å². The van der Waals surface area contributed by atoms with Crippen LogP contribution in [0.4, 0.5) is 0 Å². The van der Waals surface area contributed by atoms with Gasteiger partial charge in [0, 0.05) is 0 Å². The predicted octanol–water partition coefficient (Wildman–Crippen LogP) is 7.84. The van der Waals surface area contributed by atoms with E-state index in [1.807, 2.05) is 217 Å². The first-order valence-electron chi connectivity index (χ1n) is 30.4. The predicted molar refractivity (Wildman–Crippen MR) is 341 cm³/mol. The van der Waals surface area contributed by atoms with Gasteiger partial charge in [0.15, 0.2) is 0 Å². The minimum absolute atomic E-state index is 0.00145. The van der Waals surface area contributed by atoms with E-state index in [1.165, 1.54) is 6.26 Å². The molecule has 0 bridgehead atoms. The molecule has 2 fully saturated rings. The van der Waals surface area contributed by atoms with Gasteiger partial charge >= 0.3 is 43.6 Å². The number of esters is 3. The molecule has 15 nitrogen and oxygen atoms in total. The van der Waals surface area contributed by atoms with Gasteiger partial charge in [-0.15, -0.1) is 0 Å². The molecule has 2 saturated heterocycles. The number of hydrogen-bond donors (Lipinski definition) is 0. The summed E-state index contributed by atoms with van der Waals surface area (Å²) < 4.78 is 79.2. The molecule has 5 unspecified atom stereocenters. The largest absolute Gasteiger partial charge is 0.499 e. The smallest absolute Gasteiger partial charge is 0.407 e. The Kier molecular flexibility index (Phi) is 24.6. The Morgan fingerprint density at radius 3 is 1.33 bits per heavy atom. The average Bonchev–Trinajstić information content (AvgIpc) is 3.07. The third-order valence-electron chi connectivity index (χ3n) is 16.6. The Morgan fingerprint density at radius 1 is 0.540 bits per heavy atom. The second-order valence-electron chi connectivity index (χ2n) is 22.8. The second kappa shape index (κ2) is 32.2. The molecule has 5 atom stereocenters. The third kappa shape index (κ3) is 16.9. The van der Waals surface area contributed by atoms with Crippen molar-refractivity contribution in [1.82, 2.24) is 0 Å². The molecule has 0 saturated carbocycles. The van der Waals surface area contributed by atoms with Gasteiger partial charge in [0.25, 0.3) is 0 Å². The summed E-state index contributed by atoms with van der Waals surface area (Å²) in [5, 5.41) is 5.30. The molecule has 464 valence electrons. The first kappa shape index (κ1) is 66.6. The molecule has 0 aliphatic carbocycles. The van der Waals surface area contributed by atoms with Gasteiger partial charge in [-0.2, -0.15) is 0 Å². The van der Waals surface area contributed by atoms with Crippen molar-refractivity contribution in [1.29, 1.82) is 0 Å². The molecular formula is C69H86O15Si3. The van der Waals surface area contributed by atoms with Crippen molar-refractivity contribution in [3.63, 3.8) is 0 Å². The van der Waals surface area contributed by atoms with E-state index in [-0.39, 0.29) is 105 Å². The zero-order valence-electron chi connectivity index (χ0n) is 51.1. The average molecular weight is 1240 g/mol. The summed E-state index contributed by atoms with van der Waals surface area (Å²) in [6, 6.07) is 59.1. The number of cyclic esters (lactones) is 2. The van der Waals surface area contributed by atoms with E-state index in [2.05, 4.69) is 6.58 Å². The molecule has 0 aromatic heterocycles. The van der Waals surface area contributed by atoms with Crippen molar-refractivity contribution in [2.45, 2.75) is 85.4 Å². The van der Waals surface area contributed by atoms with Gasteiger partial charge < -0.3 is 55.0 Å². The van der Waals surface area contributed by atoms with Crippen molar-refractivity contribution in [3.05, 3.63) is 195 Å². The van der Waals surface area contributed by atoms with Gasteiger partial charge in [0.2, 0.25) is 0 Å². The topological polar surface area (TPSA) is 162 Å². The SMILES string of the molecule is C=COCCO[Si](OCCOC(=O)C(C)(CC)CC1CC(C)(CC2CC(C)(CC)C(=O)OCCO[Si](c3ccccc3)(c3ccccc3)OCCO2)C(=O)OCCO[Si](c2ccccc2)(c2ccccc2)OCCO1)(c1ccccc1)c1ccccc1. The highest BCUT2D eigenvalue weighted by atomic mass is 28.4. The lowest BCUT2D eigenvalue weighted by Gasteiger charge is -2.38. The van der Waals surface area contributed by atoms with Crippen molar-refractivity contribution in [2.24, 2.45) is 16.2 Å². The number of benzene rings is 6. The maximum absolute atomic E-state index is 15.3. The van der Waals surface area contributed by atoms with Crippen molar-refractivity contribution in [2.75, 3.05) is 79.3 Å². The Morgan fingerprint density at radius 2 is 0.920 bits per heavy atom. The van der Waals surface area contributed by atoms with Crippen LogP contribution in [0.15, 0.2) is 195 Å². The molecule has 0 spiro atoms. The van der Waals surface area contributed by atoms with Crippen LogP contribution in [0.5, 0.6) is 0 Å². The minimum Gasteiger partial charge on any atom is -0.499 e. The van der Waals surface area contributed by atoms with E-state index >= 15 is 4.79 Å². The van der Waals surface area contributed by atoms with Gasteiger partial charge in [0.05, 0.1) is 87.6 Å². The highest BCUT2D eigenvalue weighted by Gasteiger charge is 2.49. The molecule has 0 amide bonds. The fraction of sp³-hybridized carbons (Fsp3) is 0.406. The monoisotopic (exact) mass is 1240 g/mol. The molecule has 2 heterocycles. The quantitative estimate of drug-likeness (QED) is 0.0212. The maximum Gasteiger partial charge on any atom is 0.407 e. The van der Waals surface area contributed by atoms with E-state index in [1.54, 1.807) is 0 Å². The molecule has 87 heavy (non-hydrogen) atoms. The molecule has 0 N–H and O–H groups in total. The summed E-state index contributed by atoms with van der Waals surface area (Å²) in [6.07, 6.45) is 1.31. The summed E-state index contributed by atoms with van der Waals surface area (Å²) in [4.78, 5) is 44.6. The van der Waals surface area contributed by atoms with Crippen LogP contribution >= 0.6 is 0 Å². The zero-order valence-corrected chi connectivity index (χ0v) is 54.1. The lowest BCUT2D eigenvalue weighted by atomic mass is 9.72. The lowest BCUT2D eigenvalue weighted by Crippen LogP contribution is -2.64. The van der Waals surface area contributed by atoms with E-state index in [0.29, 0.717) is 12.8 Å². The van der Waals surface area contributed by atoms with Gasteiger partial charge in [0.1, 0.15) is 26.4 Å². The molecule has 8 rings (SSSR count). The Bertz CT molecular complexity index is 2920. The van der Waals surface area contributed by atoms with Crippen molar-refractivity contribution in [3.8, 4) is 0 Å². The lowest BCUT2D eigenvalue weighted by molar-refractivity contribution is -0.165. The Balaban J connectivity index is 1.09. The zero-order chi connectivity index (χ0) is 61.5. The fourth-order valence-corrected chi connectivity index (χ4v) is 20.8. The summed E-state index contributed by atoms with van der Waals surface area (Å²) in [6.45, 7) is 14.2. The highest BCUT2D eigenvalue weighted by molar-refractivity contribution is 6.93. The van der Waals surface area contributed by atoms with Crippen LogP contribution in [0.1, 0.15) is 73.1 Å². The number of rotatable bonds is 22. The standard InChI is InChI=1S/C69H86O15Si3/c1-7-67(4,64(70)76-43-49-82-85(79-46-40-73-9-3,58-28-16-10-17-29-58)59-30-18-11-19-31-59)52-56-54-69(6,66(72)78-45-51-84-87(81-48-42-75-56,62-36-24-14-25-37-62)63-38-26-15-27-39-63)55-57-53-68(5,8-2)65(71)77-44-50-83-86(80-47-41-74-57,60-32-20-12-21-33-60)61-34-22-13-23-35-61/h9-39,56-57H,3,7-8,40-55H2,1-2,4-6H3.